The summed E-state index contributed by atoms with van der Waals surface area (Å²) in [4.78, 5) is 16.1. The number of allylic oxidation sites excluding steroid dienone is 2. The van der Waals surface area contributed by atoms with Crippen molar-refractivity contribution < 1.29 is 19.0 Å². The quantitative estimate of drug-likeness (QED) is 0.650. The van der Waals surface area contributed by atoms with Crippen LogP contribution in [0.5, 0.6) is 0 Å². The molecule has 6 heteroatoms. The van der Waals surface area contributed by atoms with Gasteiger partial charge in [0.1, 0.15) is 11.9 Å². The molecule has 0 radical (unpaired) electrons. The Kier molecular flexibility index (Phi) is 5.97. The van der Waals surface area contributed by atoms with Crippen LogP contribution in [-0.2, 0) is 9.53 Å². The second-order valence-electron chi connectivity index (χ2n) is 7.77. The Morgan fingerprint density at radius 2 is 1.93 bits per heavy atom. The topological polar surface area (TPSA) is 49.8 Å². The van der Waals surface area contributed by atoms with Gasteiger partial charge in [0.25, 0.3) is 0 Å². The van der Waals surface area contributed by atoms with Gasteiger partial charge in [-0.05, 0) is 54.5 Å². The monoisotopic (exact) mass is 425 g/mol. The normalized spacial score (nSPS) is 21.9. The lowest BCUT2D eigenvalue weighted by atomic mass is 10.0. The minimum Gasteiger partial charge on any atom is -0.458 e. The number of thioether (sulfide) groups is 1. The number of benzene rings is 2. The number of aliphatic hydroxyl groups is 1. The first kappa shape index (κ1) is 20.7. The van der Waals surface area contributed by atoms with Crippen LogP contribution in [0.25, 0.3) is 0 Å². The summed E-state index contributed by atoms with van der Waals surface area (Å²) in [6, 6.07) is 14.5. The van der Waals surface area contributed by atoms with Crippen molar-refractivity contribution in [3.05, 3.63) is 77.1 Å². The summed E-state index contributed by atoms with van der Waals surface area (Å²) in [6.45, 7) is 4.27. The number of hydrogen-bond acceptors (Lipinski definition) is 5. The van der Waals surface area contributed by atoms with Crippen LogP contribution in [0.2, 0.25) is 0 Å². The lowest BCUT2D eigenvalue weighted by Crippen LogP contribution is -2.31. The molecule has 0 unspecified atom stereocenters. The number of rotatable bonds is 4. The third-order valence-electron chi connectivity index (χ3n) is 5.09. The van der Waals surface area contributed by atoms with E-state index in [4.69, 9.17) is 4.74 Å². The van der Waals surface area contributed by atoms with Crippen LogP contribution in [0.15, 0.2) is 76.2 Å². The Bertz CT molecular complexity index is 1000. The van der Waals surface area contributed by atoms with E-state index >= 15 is 0 Å². The molecule has 0 bridgehead atoms. The second kappa shape index (κ2) is 8.66. The number of carbonyl (C=O) groups excluding carboxylic acids is 1. The maximum absolute atomic E-state index is 13.6. The van der Waals surface area contributed by atoms with Crippen LogP contribution in [0.3, 0.4) is 0 Å². The summed E-state index contributed by atoms with van der Waals surface area (Å²) in [5.41, 5.74) is 2.82. The molecule has 2 heterocycles. The van der Waals surface area contributed by atoms with Crippen LogP contribution in [-0.4, -0.2) is 23.3 Å². The largest absolute Gasteiger partial charge is 0.458 e. The molecule has 0 amide bonds. The summed E-state index contributed by atoms with van der Waals surface area (Å²) < 4.78 is 19.0. The van der Waals surface area contributed by atoms with Gasteiger partial charge in [-0.1, -0.05) is 37.7 Å². The van der Waals surface area contributed by atoms with E-state index in [1.807, 2.05) is 30.4 Å². The van der Waals surface area contributed by atoms with E-state index in [9.17, 15) is 14.3 Å². The Morgan fingerprint density at radius 3 is 2.63 bits per heavy atom. The number of halogens is 1. The molecule has 1 fully saturated rings. The van der Waals surface area contributed by atoms with Crippen molar-refractivity contribution in [1.82, 2.24) is 0 Å². The highest BCUT2D eigenvalue weighted by Crippen LogP contribution is 2.49. The number of para-hydroxylation sites is 1. The summed E-state index contributed by atoms with van der Waals surface area (Å²) in [5, 5.41) is 9.92. The lowest BCUT2D eigenvalue weighted by Gasteiger charge is -2.35. The molecule has 1 saturated heterocycles. The number of esters is 1. The molecule has 0 aliphatic carbocycles. The summed E-state index contributed by atoms with van der Waals surface area (Å²) in [7, 11) is 0. The Morgan fingerprint density at radius 1 is 1.20 bits per heavy atom. The molecule has 2 aromatic rings. The third kappa shape index (κ3) is 4.30. The maximum Gasteiger partial charge on any atom is 0.309 e. The SMILES string of the molecule is CC(C)C1=C(/C=C/[C@@H]2C[C@@H](O)CC(=O)O2)N(c2ccc(F)cc2)c2ccccc2S1. The van der Waals surface area contributed by atoms with E-state index in [-0.39, 0.29) is 24.1 Å². The second-order valence-corrected chi connectivity index (χ2v) is 8.85. The van der Waals surface area contributed by atoms with Gasteiger partial charge in [-0.25, -0.2) is 4.39 Å². The number of anilines is 2. The van der Waals surface area contributed by atoms with Gasteiger partial charge in [-0.3, -0.25) is 4.79 Å². The van der Waals surface area contributed by atoms with Gasteiger partial charge < -0.3 is 14.7 Å². The van der Waals surface area contributed by atoms with Crippen LogP contribution in [0.4, 0.5) is 15.8 Å². The molecule has 0 aromatic heterocycles. The van der Waals surface area contributed by atoms with E-state index in [1.54, 1.807) is 23.9 Å². The highest BCUT2D eigenvalue weighted by Gasteiger charge is 2.29. The fourth-order valence-electron chi connectivity index (χ4n) is 3.70. The Balaban J connectivity index is 1.79. The molecule has 2 atom stereocenters. The van der Waals surface area contributed by atoms with Crippen molar-refractivity contribution in [2.45, 2.75) is 43.8 Å². The van der Waals surface area contributed by atoms with E-state index in [0.29, 0.717) is 6.42 Å². The van der Waals surface area contributed by atoms with Gasteiger partial charge in [0.15, 0.2) is 0 Å². The number of fused-ring (bicyclic) bond motifs is 1. The van der Waals surface area contributed by atoms with Crippen LogP contribution >= 0.6 is 11.8 Å². The van der Waals surface area contributed by atoms with Crippen molar-refractivity contribution in [3.8, 4) is 0 Å². The summed E-state index contributed by atoms with van der Waals surface area (Å²) >= 11 is 1.72. The first-order chi connectivity index (χ1) is 14.4. The van der Waals surface area contributed by atoms with Crippen LogP contribution in [0, 0.1) is 11.7 Å². The number of aliphatic hydroxyl groups excluding tert-OH is 1. The molecule has 30 heavy (non-hydrogen) atoms. The first-order valence-electron chi connectivity index (χ1n) is 10.0. The minimum absolute atomic E-state index is 0.0369. The molecule has 2 aliphatic rings. The maximum atomic E-state index is 13.6. The van der Waals surface area contributed by atoms with Crippen LogP contribution < -0.4 is 4.90 Å². The first-order valence-corrected chi connectivity index (χ1v) is 10.9. The summed E-state index contributed by atoms with van der Waals surface area (Å²) in [5.74, 6) is -0.419. The lowest BCUT2D eigenvalue weighted by molar-refractivity contribution is -0.156. The fourth-order valence-corrected chi connectivity index (χ4v) is 4.85. The number of hydrogen-bond donors (Lipinski definition) is 1. The van der Waals surface area contributed by atoms with Crippen molar-refractivity contribution in [1.29, 1.82) is 0 Å². The highest BCUT2D eigenvalue weighted by atomic mass is 32.2. The fraction of sp³-hybridized carbons (Fsp3) is 0.292. The van der Waals surface area contributed by atoms with E-state index in [2.05, 4.69) is 24.8 Å². The van der Waals surface area contributed by atoms with Crippen molar-refractivity contribution in [2.75, 3.05) is 4.90 Å². The van der Waals surface area contributed by atoms with Gasteiger partial charge in [-0.15, -0.1) is 0 Å². The smallest absolute Gasteiger partial charge is 0.309 e. The number of carbonyl (C=O) groups is 1. The number of nitrogens with zero attached hydrogens (tertiary/aromatic N) is 1. The van der Waals surface area contributed by atoms with Gasteiger partial charge >= 0.3 is 5.97 Å². The van der Waals surface area contributed by atoms with E-state index in [0.717, 1.165) is 26.9 Å². The summed E-state index contributed by atoms with van der Waals surface area (Å²) in [6.07, 6.45) is 3.05. The predicted molar refractivity (Wildman–Crippen MR) is 117 cm³/mol. The van der Waals surface area contributed by atoms with Gasteiger partial charge in [0.2, 0.25) is 0 Å². The molecule has 2 aliphatic heterocycles. The minimum atomic E-state index is -0.686. The molecule has 2 aromatic carbocycles. The third-order valence-corrected chi connectivity index (χ3v) is 6.55. The van der Waals surface area contributed by atoms with Crippen molar-refractivity contribution in [2.24, 2.45) is 5.92 Å². The average Bonchev–Trinajstić information content (AvgIpc) is 2.71. The van der Waals surface area contributed by atoms with Crippen molar-refractivity contribution >= 4 is 29.1 Å². The standard InChI is InChI=1S/C24H24FNO3S/c1-15(2)24-21(12-11-19-13-18(27)14-23(28)29-19)26(17-9-7-16(25)8-10-17)20-5-3-4-6-22(20)30-24/h3-12,15,18-19,27H,13-14H2,1-2H3/b12-11+/t18-,19-/m1/s1. The molecule has 4 rings (SSSR count). The highest BCUT2D eigenvalue weighted by molar-refractivity contribution is 8.03. The van der Waals surface area contributed by atoms with E-state index in [1.165, 1.54) is 12.1 Å². The van der Waals surface area contributed by atoms with Gasteiger partial charge in [0, 0.05) is 21.9 Å². The molecular formula is C24H24FNO3S. The zero-order chi connectivity index (χ0) is 21.3. The zero-order valence-corrected chi connectivity index (χ0v) is 17.7. The van der Waals surface area contributed by atoms with Gasteiger partial charge in [-0.2, -0.15) is 0 Å². The molecule has 0 saturated carbocycles. The molecule has 1 N–H and O–H groups in total. The molecular weight excluding hydrogens is 401 g/mol. The zero-order valence-electron chi connectivity index (χ0n) is 16.9. The molecule has 4 nitrogen and oxygen atoms in total. The predicted octanol–water partition coefficient (Wildman–Crippen LogP) is 5.56. The van der Waals surface area contributed by atoms with E-state index < -0.39 is 12.2 Å². The number of ether oxygens (including phenoxy) is 1. The Labute approximate surface area is 180 Å². The van der Waals surface area contributed by atoms with Gasteiger partial charge in [0.05, 0.1) is 23.9 Å². The molecule has 156 valence electrons. The van der Waals surface area contributed by atoms with Crippen LogP contribution in [0.1, 0.15) is 26.7 Å². The van der Waals surface area contributed by atoms with Crippen molar-refractivity contribution in [3.63, 3.8) is 0 Å². The average molecular weight is 426 g/mol. The Hall–Kier alpha value is -2.57. The molecule has 0 spiro atoms. The number of cyclic esters (lactones) is 1.